The molecule has 9 heteroatoms. The van der Waals surface area contributed by atoms with Gasteiger partial charge in [-0.25, -0.2) is 4.57 Å². The molecule has 5 rings (SSSR count). The Kier molecular flexibility index (Phi) is 10.4. The van der Waals surface area contributed by atoms with Crippen molar-refractivity contribution in [2.24, 2.45) is 0 Å². The first kappa shape index (κ1) is 34.9. The number of para-hydroxylation sites is 3. The van der Waals surface area contributed by atoms with Crippen LogP contribution in [0.15, 0.2) is 140 Å². The Hall–Kier alpha value is -4.44. The van der Waals surface area contributed by atoms with E-state index in [9.17, 15) is 9.13 Å². The summed E-state index contributed by atoms with van der Waals surface area (Å²) in [5, 5.41) is -2.34. The third kappa shape index (κ3) is 8.34. The molecule has 0 spiro atoms. The number of hydrogen-bond donors (Lipinski definition) is 0. The molecule has 1 unspecified atom stereocenters. The summed E-state index contributed by atoms with van der Waals surface area (Å²) in [4.78, 5) is 0. The molecule has 0 N–H and O–H groups in total. The van der Waals surface area contributed by atoms with Gasteiger partial charge < -0.3 is 23.0 Å². The number of benzene rings is 5. The van der Waals surface area contributed by atoms with Gasteiger partial charge in [0, 0.05) is 5.41 Å². The molecule has 250 valence electrons. The first-order valence-corrected chi connectivity index (χ1v) is 18.6. The van der Waals surface area contributed by atoms with Gasteiger partial charge in [-0.1, -0.05) is 92.7 Å². The lowest BCUT2D eigenvalue weighted by molar-refractivity contribution is 0.157. The van der Waals surface area contributed by atoms with Crippen LogP contribution in [0.25, 0.3) is 0 Å². The summed E-state index contributed by atoms with van der Waals surface area (Å²) in [7, 11) is -6.53. The van der Waals surface area contributed by atoms with Crippen molar-refractivity contribution >= 4 is 15.6 Å². The van der Waals surface area contributed by atoms with Crippen LogP contribution in [0.3, 0.4) is 0 Å². The monoisotopic (exact) mass is 684 g/mol. The summed E-state index contributed by atoms with van der Waals surface area (Å²) in [6.45, 7) is 11.2. The Bertz CT molecular complexity index is 1790. The van der Waals surface area contributed by atoms with E-state index in [2.05, 4.69) is 13.8 Å². The fourth-order valence-electron chi connectivity index (χ4n) is 4.92. The van der Waals surface area contributed by atoms with Crippen molar-refractivity contribution in [3.05, 3.63) is 151 Å². The molecular weight excluding hydrogens is 642 g/mol. The molecule has 48 heavy (non-hydrogen) atoms. The summed E-state index contributed by atoms with van der Waals surface area (Å²) in [5.41, 5.74) is 1.70. The molecule has 0 amide bonds. The first-order valence-electron chi connectivity index (χ1n) is 15.7. The molecule has 0 saturated heterocycles. The lowest BCUT2D eigenvalue weighted by Crippen LogP contribution is -2.33. The molecule has 0 aliphatic rings. The third-order valence-electron chi connectivity index (χ3n) is 7.94. The smallest absolute Gasteiger partial charge is 0.473 e. The van der Waals surface area contributed by atoms with E-state index in [1.54, 1.807) is 52.0 Å². The zero-order valence-corrected chi connectivity index (χ0v) is 30.0. The molecule has 1 atom stereocenters. The van der Waals surface area contributed by atoms with Gasteiger partial charge in [-0.3, -0.25) is 4.57 Å². The summed E-state index contributed by atoms with van der Waals surface area (Å²) >= 11 is 0. The number of ether oxygens (including phenoxy) is 2. The minimum Gasteiger partial charge on any atom is -0.477 e. The molecule has 5 aromatic carbocycles. The third-order valence-corrected chi connectivity index (χ3v) is 11.8. The molecule has 5 aromatic rings. The average Bonchev–Trinajstić information content (AvgIpc) is 3.06. The highest BCUT2D eigenvalue weighted by atomic mass is 31.2. The largest absolute Gasteiger partial charge is 0.477 e. The van der Waals surface area contributed by atoms with Crippen molar-refractivity contribution in [1.29, 1.82) is 0 Å². The Morgan fingerprint density at radius 1 is 0.479 bits per heavy atom. The van der Waals surface area contributed by atoms with E-state index in [-0.39, 0.29) is 5.41 Å². The maximum atomic E-state index is 14.4. The van der Waals surface area contributed by atoms with E-state index in [1.807, 2.05) is 115 Å². The van der Waals surface area contributed by atoms with Crippen LogP contribution in [0.1, 0.15) is 52.7 Å². The van der Waals surface area contributed by atoms with Crippen molar-refractivity contribution in [2.75, 3.05) is 0 Å². The summed E-state index contributed by atoms with van der Waals surface area (Å²) in [5.74, 6) is 2.49. The van der Waals surface area contributed by atoms with Crippen molar-refractivity contribution in [1.82, 2.24) is 0 Å². The molecule has 0 fully saturated rings. The molecule has 0 bridgehead atoms. The Morgan fingerprint density at radius 2 is 0.854 bits per heavy atom. The van der Waals surface area contributed by atoms with E-state index in [4.69, 9.17) is 23.0 Å². The van der Waals surface area contributed by atoms with Crippen LogP contribution in [0.5, 0.6) is 28.7 Å². The molecule has 0 aliphatic carbocycles. The van der Waals surface area contributed by atoms with Crippen LogP contribution in [0, 0.1) is 0 Å². The number of hydrogen-bond acceptors (Lipinski definition) is 7. The van der Waals surface area contributed by atoms with Gasteiger partial charge >= 0.3 is 7.60 Å². The average molecular weight is 685 g/mol. The van der Waals surface area contributed by atoms with E-state index >= 15 is 0 Å². The Balaban J connectivity index is 1.28. The van der Waals surface area contributed by atoms with Crippen LogP contribution in [0.2, 0.25) is 0 Å². The highest BCUT2D eigenvalue weighted by Gasteiger charge is 2.49. The van der Waals surface area contributed by atoms with Gasteiger partial charge in [0.25, 0.3) is 8.03 Å². The minimum absolute atomic E-state index is 0.379. The van der Waals surface area contributed by atoms with Crippen LogP contribution in [0.4, 0.5) is 0 Å². The zero-order valence-electron chi connectivity index (χ0n) is 28.1. The highest BCUT2D eigenvalue weighted by Crippen LogP contribution is 2.59. The van der Waals surface area contributed by atoms with Gasteiger partial charge in [0.15, 0.2) is 5.34 Å². The topological polar surface area (TPSA) is 80.3 Å². The van der Waals surface area contributed by atoms with Gasteiger partial charge in [-0.05, 0) is 99.5 Å². The van der Waals surface area contributed by atoms with Crippen LogP contribution in [-0.2, 0) is 14.5 Å². The molecule has 0 aliphatic heterocycles. The molecule has 0 saturated carbocycles. The van der Waals surface area contributed by atoms with Gasteiger partial charge in [0.05, 0.1) is 0 Å². The molecule has 0 aromatic heterocycles. The van der Waals surface area contributed by atoms with E-state index in [1.165, 1.54) is 0 Å². The van der Waals surface area contributed by atoms with Crippen molar-refractivity contribution < 1.29 is 32.2 Å². The second kappa shape index (κ2) is 14.4. The maximum Gasteiger partial charge on any atom is 0.473 e. The predicted octanol–water partition coefficient (Wildman–Crippen LogP) is 11.1. The molecule has 0 heterocycles. The Labute approximate surface area is 284 Å². The minimum atomic E-state index is -3.93. The Morgan fingerprint density at radius 3 is 1.29 bits per heavy atom. The lowest BCUT2D eigenvalue weighted by Gasteiger charge is -2.33. The fraction of sp³-hybridized carbons (Fsp3) is 0.231. The molecule has 7 nitrogen and oxygen atoms in total. The van der Waals surface area contributed by atoms with Crippen molar-refractivity contribution in [3.8, 4) is 28.7 Å². The maximum absolute atomic E-state index is 14.4. The second-order valence-corrected chi connectivity index (χ2v) is 17.3. The predicted molar refractivity (Wildman–Crippen MR) is 192 cm³/mol. The molecular formula is C39H42O7P2. The van der Waals surface area contributed by atoms with Gasteiger partial charge in [-0.15, -0.1) is 0 Å². The van der Waals surface area contributed by atoms with Gasteiger partial charge in [0.1, 0.15) is 28.7 Å². The highest BCUT2D eigenvalue weighted by molar-refractivity contribution is 7.56. The van der Waals surface area contributed by atoms with Crippen molar-refractivity contribution in [3.63, 3.8) is 0 Å². The zero-order chi connectivity index (χ0) is 34.4. The standard InChI is InChI=1S/C39H42O7P2/c1-37(2,31-24-28-34(29-25-31)44-47(40)38(3,4)42-32-16-10-7-11-17-32)30-22-26-33(27-23-30)43-39(5,6)48(41,45-35-18-12-8-13-19-35)46-36-20-14-9-15-21-36/h7-29,47H,1-6H3. The van der Waals surface area contributed by atoms with Crippen LogP contribution >= 0.6 is 15.6 Å². The quantitative estimate of drug-likeness (QED) is 0.108. The van der Waals surface area contributed by atoms with Crippen molar-refractivity contribution in [2.45, 2.75) is 57.6 Å². The first-order chi connectivity index (χ1) is 22.8. The van der Waals surface area contributed by atoms with E-state index < -0.39 is 26.3 Å². The van der Waals surface area contributed by atoms with Gasteiger partial charge in [0.2, 0.25) is 5.34 Å². The summed E-state index contributed by atoms with van der Waals surface area (Å²) in [6, 6.07) is 42.4. The van der Waals surface area contributed by atoms with Crippen LogP contribution < -0.4 is 23.0 Å². The summed E-state index contributed by atoms with van der Waals surface area (Å²) < 4.78 is 57.7. The van der Waals surface area contributed by atoms with E-state index in [0.29, 0.717) is 28.7 Å². The molecule has 0 radical (unpaired) electrons. The summed E-state index contributed by atoms with van der Waals surface area (Å²) in [6.07, 6.45) is 0. The lowest BCUT2D eigenvalue weighted by atomic mass is 9.78. The van der Waals surface area contributed by atoms with Crippen LogP contribution in [-0.4, -0.2) is 10.7 Å². The van der Waals surface area contributed by atoms with E-state index in [0.717, 1.165) is 11.1 Å². The van der Waals surface area contributed by atoms with Gasteiger partial charge in [-0.2, -0.15) is 0 Å². The number of rotatable bonds is 14. The SMILES string of the molecule is CC(C)(c1ccc(O[PH](=O)C(C)(C)Oc2ccccc2)cc1)c1ccc(OC(C)(C)P(=O)(Oc2ccccc2)Oc2ccccc2)cc1. The normalized spacial score (nSPS) is 12.9. The fourth-order valence-corrected chi connectivity index (χ4v) is 7.21. The second-order valence-electron chi connectivity index (χ2n) is 12.8.